The molecule has 1 N–H and O–H groups in total. The number of aryl methyl sites for hydroxylation is 1. The number of hydrogen-bond acceptors (Lipinski definition) is 3. The van der Waals surface area contributed by atoms with Crippen molar-refractivity contribution in [1.29, 1.82) is 0 Å². The Morgan fingerprint density at radius 3 is 2.32 bits per heavy atom. The van der Waals surface area contributed by atoms with Gasteiger partial charge in [-0.1, -0.05) is 18.2 Å². The number of likely N-dealkylation sites (N-methyl/N-ethyl adjacent to an activating group) is 1. The molecule has 9 heteroatoms. The highest BCUT2D eigenvalue weighted by Gasteiger charge is 2.43. The van der Waals surface area contributed by atoms with Gasteiger partial charge in [-0.3, -0.25) is 4.55 Å². The molecule has 0 spiro atoms. The highest BCUT2D eigenvalue weighted by molar-refractivity contribution is 7.85. The highest BCUT2D eigenvalue weighted by Crippen LogP contribution is 2.46. The smallest absolute Gasteiger partial charge is 0.302 e. The Kier molecular flexibility index (Phi) is 6.78. The second-order valence-electron chi connectivity index (χ2n) is 8.29. The summed E-state index contributed by atoms with van der Waals surface area (Å²) in [6.45, 7) is 0.856. The molecule has 2 aromatic carbocycles. The number of fused-ring (bicyclic) bond motifs is 3. The van der Waals surface area contributed by atoms with E-state index in [9.17, 15) is 26.0 Å². The van der Waals surface area contributed by atoms with Crippen molar-refractivity contribution in [3.63, 3.8) is 0 Å². The van der Waals surface area contributed by atoms with E-state index in [1.165, 1.54) is 24.3 Å². The number of nitrogens with zero attached hydrogens (tertiary/aromatic N) is 1. The highest BCUT2D eigenvalue weighted by atomic mass is 32.2. The van der Waals surface area contributed by atoms with Crippen molar-refractivity contribution in [3.8, 4) is 0 Å². The van der Waals surface area contributed by atoms with Crippen molar-refractivity contribution in [1.82, 2.24) is 4.90 Å². The molecule has 1 fully saturated rings. The topological polar surface area (TPSA) is 57.6 Å². The van der Waals surface area contributed by atoms with Crippen LogP contribution >= 0.6 is 0 Å². The molecule has 0 aromatic heterocycles. The lowest BCUT2D eigenvalue weighted by Gasteiger charge is -2.32. The van der Waals surface area contributed by atoms with Gasteiger partial charge in [0.05, 0.1) is 11.8 Å². The van der Waals surface area contributed by atoms with Crippen LogP contribution in [0.5, 0.6) is 0 Å². The largest absolute Gasteiger partial charge is 0.416 e. The van der Waals surface area contributed by atoms with Crippen molar-refractivity contribution in [2.75, 3.05) is 19.8 Å². The molecular weight excluding hydrogens is 434 g/mol. The van der Waals surface area contributed by atoms with E-state index in [4.69, 9.17) is 4.55 Å². The van der Waals surface area contributed by atoms with Crippen LogP contribution in [-0.4, -0.2) is 43.8 Å². The fourth-order valence-electron chi connectivity index (χ4n) is 4.75. The second-order valence-corrected chi connectivity index (χ2v) is 9.76. The molecule has 0 amide bonds. The van der Waals surface area contributed by atoms with E-state index < -0.39 is 21.9 Å². The quantitative estimate of drug-likeness (QED) is 0.529. The summed E-state index contributed by atoms with van der Waals surface area (Å²) in [4.78, 5) is 2.31. The van der Waals surface area contributed by atoms with Gasteiger partial charge in [0, 0.05) is 18.5 Å². The Morgan fingerprint density at radius 1 is 1.13 bits per heavy atom. The number of benzene rings is 2. The third-order valence-electron chi connectivity index (χ3n) is 6.04. The van der Waals surface area contributed by atoms with Gasteiger partial charge in [-0.05, 0) is 73.2 Å². The molecule has 0 radical (unpaired) electrons. The zero-order valence-electron chi connectivity index (χ0n) is 17.2. The zero-order valence-corrected chi connectivity index (χ0v) is 18.0. The minimum atomic E-state index is -4.29. The summed E-state index contributed by atoms with van der Waals surface area (Å²) in [6.07, 6.45) is -1.15. The van der Waals surface area contributed by atoms with Crippen molar-refractivity contribution < 1.29 is 30.5 Å². The maximum atomic E-state index is 13.1. The van der Waals surface area contributed by atoms with Gasteiger partial charge in [0.1, 0.15) is 5.82 Å². The van der Waals surface area contributed by atoms with Gasteiger partial charge in [0.2, 0.25) is 0 Å². The van der Waals surface area contributed by atoms with Crippen LogP contribution in [0.3, 0.4) is 0 Å². The van der Waals surface area contributed by atoms with E-state index in [0.717, 1.165) is 36.1 Å². The van der Waals surface area contributed by atoms with E-state index in [1.54, 1.807) is 6.07 Å². The summed E-state index contributed by atoms with van der Waals surface area (Å²) in [6, 6.07) is 11.2. The summed E-state index contributed by atoms with van der Waals surface area (Å²) in [5, 5.41) is 0. The first kappa shape index (κ1) is 23.7. The van der Waals surface area contributed by atoms with Crippen molar-refractivity contribution in [2.24, 2.45) is 5.92 Å². The standard InChI is InChI=1S/C21H21F4N.CH4O3S/c1-26-12-19-17-9-5-15(21(23,24)25)11-14(17)4-8-18(19)20(26)10-13-2-6-16(22)7-3-13;1-5(2,3)4/h2-3,5-7,9,11,18-20H,4,8,10,12H2,1H3;1H3,(H,2,3,4). The van der Waals surface area contributed by atoms with E-state index in [2.05, 4.69) is 11.9 Å². The summed E-state index contributed by atoms with van der Waals surface area (Å²) in [5.74, 6) is 0.462. The first-order chi connectivity index (χ1) is 14.3. The van der Waals surface area contributed by atoms with Gasteiger partial charge in [0.15, 0.2) is 0 Å². The fourth-order valence-corrected chi connectivity index (χ4v) is 4.75. The van der Waals surface area contributed by atoms with Crippen LogP contribution in [0.25, 0.3) is 0 Å². The predicted octanol–water partition coefficient (Wildman–Crippen LogP) is 4.55. The number of rotatable bonds is 2. The Labute approximate surface area is 179 Å². The van der Waals surface area contributed by atoms with Crippen molar-refractivity contribution in [3.05, 3.63) is 70.5 Å². The van der Waals surface area contributed by atoms with Crippen LogP contribution in [0.2, 0.25) is 0 Å². The van der Waals surface area contributed by atoms with E-state index in [0.29, 0.717) is 24.6 Å². The summed E-state index contributed by atoms with van der Waals surface area (Å²) in [7, 11) is -1.59. The molecule has 0 saturated carbocycles. The molecule has 1 saturated heterocycles. The normalized spacial score (nSPS) is 23.5. The summed E-state index contributed by atoms with van der Waals surface area (Å²) >= 11 is 0. The minimum absolute atomic E-state index is 0.238. The third-order valence-corrected chi connectivity index (χ3v) is 6.04. The van der Waals surface area contributed by atoms with E-state index >= 15 is 0 Å². The van der Waals surface area contributed by atoms with E-state index in [-0.39, 0.29) is 11.7 Å². The predicted molar refractivity (Wildman–Crippen MR) is 110 cm³/mol. The molecule has 0 bridgehead atoms. The lowest BCUT2D eigenvalue weighted by molar-refractivity contribution is -0.137. The van der Waals surface area contributed by atoms with Crippen molar-refractivity contribution >= 4 is 10.1 Å². The monoisotopic (exact) mass is 459 g/mol. The number of hydrogen-bond donors (Lipinski definition) is 1. The lowest BCUT2D eigenvalue weighted by Crippen LogP contribution is -2.32. The van der Waals surface area contributed by atoms with Crippen LogP contribution in [0.1, 0.15) is 34.6 Å². The van der Waals surface area contributed by atoms with Gasteiger partial charge >= 0.3 is 6.18 Å². The first-order valence-corrected chi connectivity index (χ1v) is 11.7. The molecule has 2 aromatic rings. The average molecular weight is 460 g/mol. The molecule has 4 nitrogen and oxygen atoms in total. The molecule has 2 aliphatic rings. The summed E-state index contributed by atoms with van der Waals surface area (Å²) in [5.41, 5.74) is 2.46. The molecule has 3 atom stereocenters. The van der Waals surface area contributed by atoms with E-state index in [1.807, 2.05) is 12.1 Å². The fraction of sp³-hybridized carbons (Fsp3) is 0.455. The Balaban J connectivity index is 0.000000491. The second kappa shape index (κ2) is 8.88. The third kappa shape index (κ3) is 6.05. The van der Waals surface area contributed by atoms with Gasteiger partial charge in [-0.25, -0.2) is 4.39 Å². The minimum Gasteiger partial charge on any atom is -0.302 e. The maximum absolute atomic E-state index is 13.1. The molecule has 31 heavy (non-hydrogen) atoms. The van der Waals surface area contributed by atoms with Crippen LogP contribution < -0.4 is 0 Å². The zero-order chi connectivity index (χ0) is 23.0. The molecule has 170 valence electrons. The number of halogens is 4. The molecular formula is C22H25F4NO3S. The van der Waals surface area contributed by atoms with Crippen LogP contribution in [0.15, 0.2) is 42.5 Å². The molecule has 1 aliphatic carbocycles. The Morgan fingerprint density at radius 2 is 1.74 bits per heavy atom. The molecule has 4 rings (SSSR count). The van der Waals surface area contributed by atoms with Crippen LogP contribution in [0.4, 0.5) is 17.6 Å². The molecule has 1 aliphatic heterocycles. The SMILES string of the molecule is CN1CC2c3ccc(C(F)(F)F)cc3CCC2C1Cc1ccc(F)cc1.CS(=O)(=O)O. The molecule has 1 heterocycles. The maximum Gasteiger partial charge on any atom is 0.416 e. The van der Waals surface area contributed by atoms with Gasteiger partial charge in [0.25, 0.3) is 10.1 Å². The van der Waals surface area contributed by atoms with Crippen molar-refractivity contribution in [2.45, 2.75) is 37.4 Å². The number of likely N-dealkylation sites (tertiary alicyclic amines) is 1. The van der Waals surface area contributed by atoms with Gasteiger partial charge in [-0.15, -0.1) is 0 Å². The Hall–Kier alpha value is -1.97. The van der Waals surface area contributed by atoms with Gasteiger partial charge < -0.3 is 4.90 Å². The summed E-state index contributed by atoms with van der Waals surface area (Å²) < 4.78 is 78.0. The number of alkyl halides is 3. The van der Waals surface area contributed by atoms with Gasteiger partial charge in [-0.2, -0.15) is 21.6 Å². The average Bonchev–Trinajstić information content (AvgIpc) is 2.97. The molecule has 3 unspecified atom stereocenters. The van der Waals surface area contributed by atoms with Crippen LogP contribution in [-0.2, 0) is 29.1 Å². The Bertz CT molecular complexity index is 1010. The first-order valence-electron chi connectivity index (χ1n) is 9.90. The lowest BCUT2D eigenvalue weighted by atomic mass is 9.73. The van der Waals surface area contributed by atoms with Crippen LogP contribution in [0, 0.1) is 11.7 Å².